The number of hydrogen-bond acceptors (Lipinski definition) is 6. The summed E-state index contributed by atoms with van der Waals surface area (Å²) in [6.07, 6.45) is 20.4. The highest BCUT2D eigenvalue weighted by molar-refractivity contribution is 7.45. The molecule has 0 amide bonds. The fraction of sp³-hybridized carbons (Fsp3) is 1.00. The van der Waals surface area contributed by atoms with Crippen molar-refractivity contribution in [2.24, 2.45) is 29.1 Å². The molecule has 6 nitrogen and oxygen atoms in total. The van der Waals surface area contributed by atoms with Crippen LogP contribution in [0.15, 0.2) is 0 Å². The predicted octanol–water partition coefficient (Wildman–Crippen LogP) is 12.0. The van der Waals surface area contributed by atoms with E-state index >= 15 is 0 Å². The molecular formula is C37H76N2O4P2. The van der Waals surface area contributed by atoms with Gasteiger partial charge in [0, 0.05) is 26.2 Å². The highest BCUT2D eigenvalue weighted by atomic mass is 31.2. The van der Waals surface area contributed by atoms with Crippen molar-refractivity contribution in [2.75, 3.05) is 52.6 Å². The van der Waals surface area contributed by atoms with E-state index in [2.05, 4.69) is 64.7 Å². The van der Waals surface area contributed by atoms with Crippen molar-refractivity contribution in [1.29, 1.82) is 0 Å². The monoisotopic (exact) mass is 675 g/mol. The SMILES string of the molecule is CCCCC(CC)CN(CC(CC)CCCC)P1OCC2(CO1)COP(N(CC(CC)CCCC)CC(CC)CCCC)OC2. The molecule has 2 rings (SSSR count). The van der Waals surface area contributed by atoms with Gasteiger partial charge in [-0.2, -0.15) is 0 Å². The van der Waals surface area contributed by atoms with E-state index in [9.17, 15) is 0 Å². The van der Waals surface area contributed by atoms with Gasteiger partial charge in [0.15, 0.2) is 0 Å². The standard InChI is InChI=1S/C37H76N2O4P2/c1-9-17-21-33(13-5)25-38(26-34(14-6)22-18-10-2)44-40-29-37(30-41-44)31-42-45(43-32-37)39(27-35(15-7)23-19-11-3)28-36(16-8)24-20-12-4/h33-36H,9-32H2,1-8H3. The number of nitrogens with zero attached hydrogens (tertiary/aromatic N) is 2. The van der Waals surface area contributed by atoms with Crippen molar-refractivity contribution in [3.05, 3.63) is 0 Å². The largest absolute Gasteiger partial charge is 0.321 e. The molecule has 2 fully saturated rings. The van der Waals surface area contributed by atoms with Crippen LogP contribution in [0, 0.1) is 29.1 Å². The Morgan fingerprint density at radius 2 is 0.689 bits per heavy atom. The average molecular weight is 675 g/mol. The Kier molecular flexibility index (Phi) is 22.9. The molecule has 4 unspecified atom stereocenters. The minimum Gasteiger partial charge on any atom is -0.321 e. The maximum absolute atomic E-state index is 6.68. The van der Waals surface area contributed by atoms with Gasteiger partial charge in [-0.05, 0) is 49.4 Å². The van der Waals surface area contributed by atoms with Crippen molar-refractivity contribution in [2.45, 2.75) is 158 Å². The molecule has 268 valence electrons. The van der Waals surface area contributed by atoms with E-state index in [1.54, 1.807) is 0 Å². The Morgan fingerprint density at radius 3 is 0.889 bits per heavy atom. The quantitative estimate of drug-likeness (QED) is 0.0851. The molecule has 0 aromatic heterocycles. The third-order valence-electron chi connectivity index (χ3n) is 10.4. The van der Waals surface area contributed by atoms with Crippen LogP contribution >= 0.6 is 17.1 Å². The Labute approximate surface area is 283 Å². The lowest BCUT2D eigenvalue weighted by Gasteiger charge is -2.47. The smallest absolute Gasteiger partial charge is 0.258 e. The summed E-state index contributed by atoms with van der Waals surface area (Å²) >= 11 is 0. The van der Waals surface area contributed by atoms with Gasteiger partial charge < -0.3 is 18.1 Å². The maximum Gasteiger partial charge on any atom is 0.258 e. The predicted molar refractivity (Wildman–Crippen MR) is 196 cm³/mol. The lowest BCUT2D eigenvalue weighted by molar-refractivity contribution is -0.0667. The second-order valence-corrected chi connectivity index (χ2v) is 17.6. The fourth-order valence-corrected chi connectivity index (χ4v) is 10.5. The van der Waals surface area contributed by atoms with Gasteiger partial charge in [0.2, 0.25) is 0 Å². The summed E-state index contributed by atoms with van der Waals surface area (Å²) in [5.41, 5.74) is -0.188. The van der Waals surface area contributed by atoms with Crippen molar-refractivity contribution < 1.29 is 18.1 Å². The lowest BCUT2D eigenvalue weighted by atomic mass is 9.93. The van der Waals surface area contributed by atoms with Gasteiger partial charge in [-0.1, -0.05) is 132 Å². The average Bonchev–Trinajstić information content (AvgIpc) is 3.07. The molecule has 0 saturated carbocycles. The highest BCUT2D eigenvalue weighted by Gasteiger charge is 2.46. The van der Waals surface area contributed by atoms with Crippen molar-refractivity contribution in [3.8, 4) is 0 Å². The van der Waals surface area contributed by atoms with Gasteiger partial charge in [-0.3, -0.25) is 0 Å². The molecule has 2 heterocycles. The normalized spacial score (nSPS) is 25.2. The van der Waals surface area contributed by atoms with E-state index in [-0.39, 0.29) is 5.41 Å². The minimum atomic E-state index is -1.04. The van der Waals surface area contributed by atoms with Crippen molar-refractivity contribution in [1.82, 2.24) is 9.34 Å². The molecule has 0 aromatic carbocycles. The van der Waals surface area contributed by atoms with Crippen LogP contribution in [0.2, 0.25) is 0 Å². The molecule has 1 spiro atoms. The van der Waals surface area contributed by atoms with E-state index in [1.807, 2.05) is 0 Å². The molecule has 0 bridgehead atoms. The highest BCUT2D eigenvalue weighted by Crippen LogP contribution is 2.55. The topological polar surface area (TPSA) is 43.4 Å². The van der Waals surface area contributed by atoms with Crippen LogP contribution in [0.3, 0.4) is 0 Å². The summed E-state index contributed by atoms with van der Waals surface area (Å²) < 4.78 is 32.0. The number of rotatable bonds is 26. The van der Waals surface area contributed by atoms with Crippen LogP contribution in [0.1, 0.15) is 158 Å². The molecule has 2 saturated heterocycles. The zero-order chi connectivity index (χ0) is 32.9. The van der Waals surface area contributed by atoms with Crippen LogP contribution in [-0.2, 0) is 18.1 Å². The molecule has 2 aliphatic rings. The molecule has 45 heavy (non-hydrogen) atoms. The summed E-state index contributed by atoms with van der Waals surface area (Å²) in [6, 6.07) is 0. The summed E-state index contributed by atoms with van der Waals surface area (Å²) in [4.78, 5) is 0. The first-order chi connectivity index (χ1) is 21.9. The molecule has 8 heteroatoms. The van der Waals surface area contributed by atoms with Gasteiger partial charge in [0.1, 0.15) is 0 Å². The molecule has 0 aliphatic carbocycles. The minimum absolute atomic E-state index is 0.188. The Balaban J connectivity index is 2.05. The Hall–Kier alpha value is 0.620. The Bertz CT molecular complexity index is 606. The van der Waals surface area contributed by atoms with Crippen LogP contribution in [0.5, 0.6) is 0 Å². The van der Waals surface area contributed by atoms with E-state index in [0.29, 0.717) is 50.1 Å². The van der Waals surface area contributed by atoms with Gasteiger partial charge in [-0.25, -0.2) is 9.34 Å². The van der Waals surface area contributed by atoms with Crippen LogP contribution in [0.4, 0.5) is 0 Å². The molecule has 0 radical (unpaired) electrons. The lowest BCUT2D eigenvalue weighted by Crippen LogP contribution is -2.47. The molecule has 0 aromatic rings. The number of hydrogen-bond donors (Lipinski definition) is 0. The summed E-state index contributed by atoms with van der Waals surface area (Å²) in [7, 11) is -2.08. The second-order valence-electron chi connectivity index (χ2n) is 14.5. The molecule has 0 N–H and O–H groups in total. The second kappa shape index (κ2) is 24.7. The van der Waals surface area contributed by atoms with Crippen molar-refractivity contribution >= 4 is 17.1 Å². The Morgan fingerprint density at radius 1 is 0.444 bits per heavy atom. The molecule has 2 aliphatic heterocycles. The number of unbranched alkanes of at least 4 members (excludes halogenated alkanes) is 4. The van der Waals surface area contributed by atoms with Crippen LogP contribution < -0.4 is 0 Å². The van der Waals surface area contributed by atoms with Gasteiger partial charge in [-0.15, -0.1) is 0 Å². The van der Waals surface area contributed by atoms with Gasteiger partial charge >= 0.3 is 0 Å². The first-order valence-corrected chi connectivity index (χ1v) is 21.8. The molecular weight excluding hydrogens is 598 g/mol. The third kappa shape index (κ3) is 15.4. The van der Waals surface area contributed by atoms with E-state index in [1.165, 1.54) is 103 Å². The van der Waals surface area contributed by atoms with Crippen molar-refractivity contribution in [3.63, 3.8) is 0 Å². The van der Waals surface area contributed by atoms with Gasteiger partial charge in [0.05, 0.1) is 31.8 Å². The van der Waals surface area contributed by atoms with Crippen LogP contribution in [0.25, 0.3) is 0 Å². The van der Waals surface area contributed by atoms with E-state index < -0.39 is 17.1 Å². The zero-order valence-electron chi connectivity index (χ0n) is 31.2. The summed E-state index contributed by atoms with van der Waals surface area (Å²) in [5.74, 6) is 2.85. The van der Waals surface area contributed by atoms with Gasteiger partial charge in [0.25, 0.3) is 17.1 Å². The molecule has 4 atom stereocenters. The fourth-order valence-electron chi connectivity index (χ4n) is 6.70. The first-order valence-electron chi connectivity index (χ1n) is 19.5. The van der Waals surface area contributed by atoms with E-state index in [0.717, 1.165) is 26.2 Å². The maximum atomic E-state index is 6.68. The third-order valence-corrected chi connectivity index (χ3v) is 13.4. The van der Waals surface area contributed by atoms with Crippen LogP contribution in [-0.4, -0.2) is 61.9 Å². The van der Waals surface area contributed by atoms with E-state index in [4.69, 9.17) is 18.1 Å². The zero-order valence-corrected chi connectivity index (χ0v) is 33.0. The first kappa shape index (κ1) is 41.8. The summed E-state index contributed by atoms with van der Waals surface area (Å²) in [6.45, 7) is 25.8. The summed E-state index contributed by atoms with van der Waals surface area (Å²) in [5, 5.41) is 0.